The van der Waals surface area contributed by atoms with E-state index < -0.39 is 24.5 Å². The summed E-state index contributed by atoms with van der Waals surface area (Å²) in [6.07, 6.45) is -1.15. The molecule has 1 amide bonds. The van der Waals surface area contributed by atoms with E-state index in [-0.39, 0.29) is 0 Å². The number of amides is 1. The summed E-state index contributed by atoms with van der Waals surface area (Å²) in [6.45, 7) is 0.806. The Hall–Kier alpha value is -1.10. The molecule has 3 N–H and O–H groups in total. The molecule has 0 aromatic heterocycles. The number of carbonyl (C=O) groups excluding carboxylic acids is 1. The lowest BCUT2D eigenvalue weighted by Crippen LogP contribution is -2.35. The van der Waals surface area contributed by atoms with Gasteiger partial charge in [-0.2, -0.15) is 0 Å². The fourth-order valence-electron chi connectivity index (χ4n) is 0.310. The van der Waals surface area contributed by atoms with Gasteiger partial charge in [0.1, 0.15) is 12.6 Å². The molecule has 0 aliphatic carbocycles. The summed E-state index contributed by atoms with van der Waals surface area (Å²) < 4.78 is 0. The van der Waals surface area contributed by atoms with Gasteiger partial charge in [0.05, 0.1) is 0 Å². The molecule has 0 rings (SSSR count). The van der Waals surface area contributed by atoms with Gasteiger partial charge in [-0.25, -0.2) is 0 Å². The van der Waals surface area contributed by atoms with Gasteiger partial charge < -0.3 is 15.5 Å². The second-order valence-corrected chi connectivity index (χ2v) is 1.79. The molecule has 0 aliphatic rings. The number of aliphatic carboxylic acids is 1. The van der Waals surface area contributed by atoms with E-state index >= 15 is 0 Å². The molecule has 10 heavy (non-hydrogen) atoms. The number of carboxylic acids is 1. The Morgan fingerprint density at radius 3 is 2.40 bits per heavy atom. The molecule has 5 nitrogen and oxygen atoms in total. The molecule has 0 spiro atoms. The molecule has 0 radical (unpaired) electrons. The lowest BCUT2D eigenvalue weighted by atomic mass is 10.4. The first-order valence-corrected chi connectivity index (χ1v) is 2.71. The topological polar surface area (TPSA) is 86.6 Å². The highest BCUT2D eigenvalue weighted by Gasteiger charge is 2.08. The third-order valence-corrected chi connectivity index (χ3v) is 0.793. The fraction of sp³-hybridized carbons (Fsp3) is 0.600. The Morgan fingerprint density at radius 2 is 2.10 bits per heavy atom. The highest BCUT2D eigenvalue weighted by Crippen LogP contribution is 1.77. The molecule has 0 aromatic carbocycles. The number of aliphatic hydroxyl groups excluding tert-OH is 1. The normalized spacial score (nSPS) is 12.2. The van der Waals surface area contributed by atoms with Crippen molar-refractivity contribution in [3.05, 3.63) is 0 Å². The number of hydrogen-bond acceptors (Lipinski definition) is 3. The van der Waals surface area contributed by atoms with Gasteiger partial charge in [-0.15, -0.1) is 0 Å². The molecular formula is C5H9NO4. The minimum absolute atomic E-state index is 0.455. The molecular weight excluding hydrogens is 138 g/mol. The van der Waals surface area contributed by atoms with Gasteiger partial charge in [-0.1, -0.05) is 0 Å². The molecule has 0 aliphatic heterocycles. The predicted octanol–water partition coefficient (Wildman–Crippen LogP) is -1.43. The molecule has 0 fully saturated rings. The Balaban J connectivity index is 3.50. The zero-order chi connectivity index (χ0) is 8.15. The Bertz CT molecular complexity index is 143. The summed E-state index contributed by atoms with van der Waals surface area (Å²) in [4.78, 5) is 20.3. The summed E-state index contributed by atoms with van der Waals surface area (Å²) in [5.41, 5.74) is 0. The number of hydrogen-bond donors (Lipinski definition) is 3. The van der Waals surface area contributed by atoms with Crippen molar-refractivity contribution < 1.29 is 19.8 Å². The van der Waals surface area contributed by atoms with Crippen LogP contribution in [-0.2, 0) is 9.59 Å². The van der Waals surface area contributed by atoms with Gasteiger partial charge in [0, 0.05) is 0 Å². The SMILES string of the molecule is CC(O)C(=O)NCC(=O)O. The van der Waals surface area contributed by atoms with Crippen LogP contribution in [0.3, 0.4) is 0 Å². The van der Waals surface area contributed by atoms with Crippen molar-refractivity contribution in [2.75, 3.05) is 6.54 Å². The summed E-state index contributed by atoms with van der Waals surface area (Å²) in [5, 5.41) is 18.6. The van der Waals surface area contributed by atoms with Gasteiger partial charge in [0.15, 0.2) is 0 Å². The van der Waals surface area contributed by atoms with E-state index in [0.717, 1.165) is 0 Å². The van der Waals surface area contributed by atoms with Crippen molar-refractivity contribution in [1.29, 1.82) is 0 Å². The lowest BCUT2D eigenvalue weighted by Gasteiger charge is -2.02. The zero-order valence-corrected chi connectivity index (χ0v) is 5.50. The smallest absolute Gasteiger partial charge is 0.322 e. The standard InChI is InChI=1S/C5H9NO4/c1-3(7)5(10)6-2-4(8)9/h3,7H,2H2,1H3,(H,6,10)(H,8,9). The first-order chi connectivity index (χ1) is 4.54. The van der Waals surface area contributed by atoms with Crippen molar-refractivity contribution in [1.82, 2.24) is 5.32 Å². The predicted molar refractivity (Wildman–Crippen MR) is 32.3 cm³/mol. The Labute approximate surface area is 57.7 Å². The summed E-state index contributed by atoms with van der Waals surface area (Å²) in [5.74, 6) is -1.81. The molecule has 0 aromatic rings. The maximum atomic E-state index is 10.4. The van der Waals surface area contributed by atoms with Crippen LogP contribution in [0, 0.1) is 0 Å². The maximum Gasteiger partial charge on any atom is 0.322 e. The first kappa shape index (κ1) is 8.90. The van der Waals surface area contributed by atoms with Crippen molar-refractivity contribution in [3.8, 4) is 0 Å². The molecule has 58 valence electrons. The number of carbonyl (C=O) groups is 2. The van der Waals surface area contributed by atoms with E-state index in [0.29, 0.717) is 0 Å². The minimum atomic E-state index is -1.15. The third-order valence-electron chi connectivity index (χ3n) is 0.793. The van der Waals surface area contributed by atoms with Gasteiger partial charge in [0.25, 0.3) is 0 Å². The molecule has 0 heterocycles. The number of rotatable bonds is 3. The van der Waals surface area contributed by atoms with Crippen LogP contribution in [0.1, 0.15) is 6.92 Å². The van der Waals surface area contributed by atoms with Gasteiger partial charge in [0.2, 0.25) is 5.91 Å². The van der Waals surface area contributed by atoms with Crippen LogP contribution in [-0.4, -0.2) is 34.7 Å². The molecule has 0 bridgehead atoms. The van der Waals surface area contributed by atoms with Gasteiger partial charge in [-0.3, -0.25) is 9.59 Å². The van der Waals surface area contributed by atoms with Gasteiger partial charge >= 0.3 is 5.97 Å². The highest BCUT2D eigenvalue weighted by atomic mass is 16.4. The van der Waals surface area contributed by atoms with Crippen LogP contribution < -0.4 is 5.32 Å². The third kappa shape index (κ3) is 3.85. The monoisotopic (exact) mass is 147 g/mol. The van der Waals surface area contributed by atoms with Crippen LogP contribution in [0.4, 0.5) is 0 Å². The molecule has 5 heteroatoms. The number of carboxylic acid groups (broad SMARTS) is 1. The van der Waals surface area contributed by atoms with Crippen molar-refractivity contribution in [2.24, 2.45) is 0 Å². The lowest BCUT2D eigenvalue weighted by molar-refractivity contribution is -0.139. The highest BCUT2D eigenvalue weighted by molar-refractivity contribution is 5.83. The Morgan fingerprint density at radius 1 is 1.60 bits per heavy atom. The van der Waals surface area contributed by atoms with Crippen molar-refractivity contribution in [2.45, 2.75) is 13.0 Å². The Kier molecular flexibility index (Phi) is 3.42. The quantitative estimate of drug-likeness (QED) is 0.456. The average molecular weight is 147 g/mol. The minimum Gasteiger partial charge on any atom is -0.480 e. The summed E-state index contributed by atoms with van der Waals surface area (Å²) >= 11 is 0. The van der Waals surface area contributed by atoms with E-state index in [9.17, 15) is 9.59 Å². The van der Waals surface area contributed by atoms with Crippen LogP contribution in [0.2, 0.25) is 0 Å². The zero-order valence-electron chi connectivity index (χ0n) is 5.50. The van der Waals surface area contributed by atoms with Crippen LogP contribution in [0.5, 0.6) is 0 Å². The summed E-state index contributed by atoms with van der Waals surface area (Å²) in [7, 11) is 0. The van der Waals surface area contributed by atoms with E-state index in [1.54, 1.807) is 0 Å². The number of nitrogens with one attached hydrogen (secondary N) is 1. The van der Waals surface area contributed by atoms with Gasteiger partial charge in [-0.05, 0) is 6.92 Å². The van der Waals surface area contributed by atoms with Crippen molar-refractivity contribution in [3.63, 3.8) is 0 Å². The second kappa shape index (κ2) is 3.84. The van der Waals surface area contributed by atoms with Crippen LogP contribution in [0.15, 0.2) is 0 Å². The summed E-state index contributed by atoms with van der Waals surface area (Å²) in [6, 6.07) is 0. The fourth-order valence-corrected chi connectivity index (χ4v) is 0.310. The van der Waals surface area contributed by atoms with E-state index in [1.165, 1.54) is 6.92 Å². The maximum absolute atomic E-state index is 10.4. The number of aliphatic hydroxyl groups is 1. The van der Waals surface area contributed by atoms with E-state index in [2.05, 4.69) is 0 Å². The first-order valence-electron chi connectivity index (χ1n) is 2.71. The van der Waals surface area contributed by atoms with Crippen LogP contribution >= 0.6 is 0 Å². The second-order valence-electron chi connectivity index (χ2n) is 1.79. The molecule has 1 atom stereocenters. The molecule has 1 unspecified atom stereocenters. The largest absolute Gasteiger partial charge is 0.480 e. The average Bonchev–Trinajstić information content (AvgIpc) is 1.82. The molecule has 0 saturated carbocycles. The van der Waals surface area contributed by atoms with E-state index in [1.807, 2.05) is 5.32 Å². The van der Waals surface area contributed by atoms with E-state index in [4.69, 9.17) is 10.2 Å². The molecule has 0 saturated heterocycles. The van der Waals surface area contributed by atoms with Crippen molar-refractivity contribution >= 4 is 11.9 Å². The van der Waals surface area contributed by atoms with Crippen LogP contribution in [0.25, 0.3) is 0 Å².